The van der Waals surface area contributed by atoms with Crippen LogP contribution < -0.4 is 30.4 Å². The Morgan fingerprint density at radius 1 is 0.805 bits per heavy atom. The van der Waals surface area contributed by atoms with Crippen molar-refractivity contribution >= 4 is 28.3 Å². The number of benzene rings is 3. The Balaban J connectivity index is 1.11. The summed E-state index contributed by atoms with van der Waals surface area (Å²) in [6.45, 7) is 0.599. The molecule has 4 rings (SSSR count). The molecule has 0 saturated heterocycles. The number of fused-ring (bicyclic) bond motifs is 2. The zero-order valence-electron chi connectivity index (χ0n) is 24.6. The Labute approximate surface area is 243 Å². The molecule has 3 aromatic rings. The number of carbonyl (C=O) groups is 2. The first-order valence-electron chi connectivity index (χ1n) is 14.7. The van der Waals surface area contributed by atoms with E-state index < -0.39 is 0 Å². The highest BCUT2D eigenvalue weighted by atomic mass is 16.5. The summed E-state index contributed by atoms with van der Waals surface area (Å²) in [4.78, 5) is 25.1. The molecule has 3 aromatic carbocycles. The summed E-state index contributed by atoms with van der Waals surface area (Å²) in [6, 6.07) is 14.0. The van der Waals surface area contributed by atoms with Crippen molar-refractivity contribution in [2.45, 2.75) is 70.6 Å². The summed E-state index contributed by atoms with van der Waals surface area (Å²) in [5.74, 6) is 1.22. The highest BCUT2D eigenvalue weighted by Gasteiger charge is 2.18. The van der Waals surface area contributed by atoms with Gasteiger partial charge in [-0.05, 0) is 67.2 Å². The maximum absolute atomic E-state index is 12.6. The van der Waals surface area contributed by atoms with Gasteiger partial charge in [0.05, 0.1) is 27.0 Å². The van der Waals surface area contributed by atoms with Crippen LogP contribution in [-0.4, -0.2) is 39.7 Å². The molecule has 0 spiro atoms. The van der Waals surface area contributed by atoms with Crippen LogP contribution in [0.4, 0.5) is 5.69 Å². The Morgan fingerprint density at radius 3 is 2.22 bits per heavy atom. The van der Waals surface area contributed by atoms with Gasteiger partial charge in [-0.2, -0.15) is 0 Å². The average molecular weight is 562 g/mol. The Kier molecular flexibility index (Phi) is 11.1. The maximum Gasteiger partial charge on any atom is 0.251 e. The largest absolute Gasteiger partial charge is 0.493 e. The van der Waals surface area contributed by atoms with Crippen LogP contribution in [0.3, 0.4) is 0 Å². The van der Waals surface area contributed by atoms with Crippen LogP contribution in [-0.2, 0) is 17.6 Å². The third-order valence-electron chi connectivity index (χ3n) is 7.74. The second-order valence-corrected chi connectivity index (χ2v) is 10.5. The summed E-state index contributed by atoms with van der Waals surface area (Å²) in [5.41, 5.74) is 10.5. The number of hydrogen-bond donors (Lipinski definition) is 3. The topological polar surface area (TPSA) is 97.9 Å². The summed E-state index contributed by atoms with van der Waals surface area (Å²) < 4.78 is 16.0. The fraction of sp³-hybridized carbons (Fsp3) is 0.455. The number of carbonyl (C=O) groups excluding carboxylic acids is 2. The van der Waals surface area contributed by atoms with Gasteiger partial charge in [-0.3, -0.25) is 20.4 Å². The van der Waals surface area contributed by atoms with E-state index in [1.54, 1.807) is 12.1 Å². The van der Waals surface area contributed by atoms with Crippen LogP contribution in [0.2, 0.25) is 0 Å². The second kappa shape index (κ2) is 15.2. The lowest BCUT2D eigenvalue weighted by molar-refractivity contribution is -0.120. The van der Waals surface area contributed by atoms with Gasteiger partial charge in [0.15, 0.2) is 11.5 Å². The first-order chi connectivity index (χ1) is 20.0. The first kappa shape index (κ1) is 30.0. The number of methoxy groups -OCH3 is 3. The SMILES string of the molecule is COc1cc(C(=O)NCCCCCCCCC(=O)NNc2c3c(cc4ccccc24)CCCC3)cc(OC)c1OC. The molecule has 1 aliphatic carbocycles. The quantitative estimate of drug-likeness (QED) is 0.148. The van der Waals surface area contributed by atoms with Crippen molar-refractivity contribution in [3.05, 3.63) is 59.2 Å². The lowest BCUT2D eigenvalue weighted by Gasteiger charge is -2.22. The summed E-state index contributed by atoms with van der Waals surface area (Å²) in [5, 5.41) is 5.34. The van der Waals surface area contributed by atoms with E-state index in [1.807, 2.05) is 6.07 Å². The van der Waals surface area contributed by atoms with Crippen molar-refractivity contribution in [1.29, 1.82) is 0 Å². The van der Waals surface area contributed by atoms with E-state index in [1.165, 1.54) is 50.7 Å². The van der Waals surface area contributed by atoms with Gasteiger partial charge in [-0.1, -0.05) is 56.0 Å². The normalized spacial score (nSPS) is 12.4. The number of rotatable bonds is 15. The zero-order valence-corrected chi connectivity index (χ0v) is 24.6. The minimum Gasteiger partial charge on any atom is -0.493 e. The van der Waals surface area contributed by atoms with Crippen LogP contribution in [0.1, 0.15) is 79.3 Å². The first-order valence-corrected chi connectivity index (χ1v) is 14.7. The molecule has 220 valence electrons. The number of amides is 2. The summed E-state index contributed by atoms with van der Waals surface area (Å²) >= 11 is 0. The maximum atomic E-state index is 12.6. The second-order valence-electron chi connectivity index (χ2n) is 10.5. The fourth-order valence-corrected chi connectivity index (χ4v) is 5.55. The van der Waals surface area contributed by atoms with E-state index in [9.17, 15) is 9.59 Å². The molecule has 3 N–H and O–H groups in total. The summed E-state index contributed by atoms with van der Waals surface area (Å²) in [7, 11) is 4.59. The van der Waals surface area contributed by atoms with Crippen LogP contribution in [0.15, 0.2) is 42.5 Å². The Morgan fingerprint density at radius 2 is 1.49 bits per heavy atom. The molecule has 0 radical (unpaired) electrons. The van der Waals surface area contributed by atoms with Gasteiger partial charge in [0.1, 0.15) is 0 Å². The van der Waals surface area contributed by atoms with Gasteiger partial charge in [-0.15, -0.1) is 0 Å². The Bertz CT molecular complexity index is 1310. The van der Waals surface area contributed by atoms with E-state index in [-0.39, 0.29) is 11.8 Å². The molecule has 0 unspecified atom stereocenters. The van der Waals surface area contributed by atoms with Crippen LogP contribution in [0.25, 0.3) is 10.8 Å². The highest BCUT2D eigenvalue weighted by Crippen LogP contribution is 2.38. The highest BCUT2D eigenvalue weighted by molar-refractivity contribution is 5.97. The van der Waals surface area contributed by atoms with E-state index in [0.29, 0.717) is 35.8 Å². The van der Waals surface area contributed by atoms with Gasteiger partial charge < -0.3 is 19.5 Å². The van der Waals surface area contributed by atoms with Crippen LogP contribution >= 0.6 is 0 Å². The van der Waals surface area contributed by atoms with E-state index in [4.69, 9.17) is 14.2 Å². The number of hydrogen-bond acceptors (Lipinski definition) is 6. The smallest absolute Gasteiger partial charge is 0.251 e. The van der Waals surface area contributed by atoms with Gasteiger partial charge in [0, 0.05) is 23.9 Å². The molecule has 1 aliphatic rings. The molecule has 0 fully saturated rings. The number of aryl methyl sites for hydroxylation is 1. The molecule has 0 aromatic heterocycles. The minimum atomic E-state index is -0.173. The number of unbranched alkanes of at least 4 members (excludes halogenated alkanes) is 5. The lowest BCUT2D eigenvalue weighted by Crippen LogP contribution is -2.30. The van der Waals surface area contributed by atoms with Gasteiger partial charge in [0.25, 0.3) is 5.91 Å². The molecule has 0 saturated carbocycles. The monoisotopic (exact) mass is 561 g/mol. The van der Waals surface area contributed by atoms with Crippen molar-refractivity contribution in [2.24, 2.45) is 0 Å². The zero-order chi connectivity index (χ0) is 29.0. The molecular formula is C33H43N3O5. The molecule has 8 heteroatoms. The Hall–Kier alpha value is -3.94. The average Bonchev–Trinajstić information content (AvgIpc) is 3.01. The van der Waals surface area contributed by atoms with Crippen LogP contribution in [0.5, 0.6) is 17.2 Å². The van der Waals surface area contributed by atoms with Crippen molar-refractivity contribution < 1.29 is 23.8 Å². The molecule has 0 atom stereocenters. The number of anilines is 1. The van der Waals surface area contributed by atoms with E-state index in [2.05, 4.69) is 40.4 Å². The third-order valence-corrected chi connectivity index (χ3v) is 7.74. The molecule has 41 heavy (non-hydrogen) atoms. The van der Waals surface area contributed by atoms with Crippen molar-refractivity contribution in [3.8, 4) is 17.2 Å². The molecule has 0 bridgehead atoms. The number of ether oxygens (including phenoxy) is 3. The van der Waals surface area contributed by atoms with Crippen molar-refractivity contribution in [1.82, 2.24) is 10.7 Å². The molecule has 2 amide bonds. The van der Waals surface area contributed by atoms with Crippen molar-refractivity contribution in [2.75, 3.05) is 33.3 Å². The lowest BCUT2D eigenvalue weighted by atomic mass is 9.87. The molecule has 8 nitrogen and oxygen atoms in total. The molecular weight excluding hydrogens is 518 g/mol. The standard InChI is InChI=1S/C33H43N3O5/c1-39-28-21-25(22-29(40-2)32(28)41-3)33(38)34-19-13-7-5-4-6-8-18-30(37)35-36-31-26-16-11-9-14-23(26)20-24-15-10-12-17-27(24)31/h9,11,14,16,20-22,36H,4-8,10,12-13,15,17-19H2,1-3H3,(H,34,38)(H,35,37). The number of nitrogens with one attached hydrogen (secondary N) is 3. The van der Waals surface area contributed by atoms with E-state index >= 15 is 0 Å². The third kappa shape index (κ3) is 7.84. The summed E-state index contributed by atoms with van der Waals surface area (Å²) in [6.07, 6.45) is 11.0. The van der Waals surface area contributed by atoms with Gasteiger partial charge in [-0.25, -0.2) is 0 Å². The number of hydrazine groups is 1. The van der Waals surface area contributed by atoms with Gasteiger partial charge in [0.2, 0.25) is 11.7 Å². The van der Waals surface area contributed by atoms with E-state index in [0.717, 1.165) is 62.4 Å². The molecule has 0 heterocycles. The predicted molar refractivity (Wildman–Crippen MR) is 163 cm³/mol. The van der Waals surface area contributed by atoms with Crippen molar-refractivity contribution in [3.63, 3.8) is 0 Å². The fourth-order valence-electron chi connectivity index (χ4n) is 5.55. The molecule has 0 aliphatic heterocycles. The predicted octanol–water partition coefficient (Wildman–Crippen LogP) is 6.35. The van der Waals surface area contributed by atoms with Crippen LogP contribution in [0, 0.1) is 0 Å². The minimum absolute atomic E-state index is 0.0250. The van der Waals surface area contributed by atoms with Gasteiger partial charge >= 0.3 is 0 Å².